The molecule has 1 aromatic carbocycles. The third-order valence-corrected chi connectivity index (χ3v) is 4.97. The fraction of sp³-hybridized carbons (Fsp3) is 0.611. The number of esters is 1. The highest BCUT2D eigenvalue weighted by Crippen LogP contribution is 2.60. The van der Waals surface area contributed by atoms with E-state index in [-0.39, 0.29) is 24.1 Å². The van der Waals surface area contributed by atoms with Crippen molar-refractivity contribution in [2.24, 2.45) is 5.92 Å². The van der Waals surface area contributed by atoms with Gasteiger partial charge in [0, 0.05) is 13.0 Å². The number of carbonyl (C=O) groups is 1. The summed E-state index contributed by atoms with van der Waals surface area (Å²) in [6, 6.07) is 8.97. The minimum atomic E-state index is -0.656. The van der Waals surface area contributed by atoms with Gasteiger partial charge >= 0.3 is 5.97 Å². The molecule has 3 fully saturated rings. The van der Waals surface area contributed by atoms with Crippen LogP contribution in [0.2, 0.25) is 0 Å². The van der Waals surface area contributed by atoms with Gasteiger partial charge in [-0.25, -0.2) is 4.79 Å². The van der Waals surface area contributed by atoms with E-state index in [2.05, 4.69) is 0 Å². The van der Waals surface area contributed by atoms with Crippen molar-refractivity contribution in [2.75, 3.05) is 13.7 Å². The molecule has 6 heteroatoms. The first kappa shape index (κ1) is 16.0. The van der Waals surface area contributed by atoms with Crippen LogP contribution in [0, 0.1) is 5.92 Å². The van der Waals surface area contributed by atoms with Crippen LogP contribution in [0.1, 0.15) is 30.6 Å². The van der Waals surface area contributed by atoms with Crippen LogP contribution in [0.15, 0.2) is 30.3 Å². The van der Waals surface area contributed by atoms with Gasteiger partial charge in [0.05, 0.1) is 12.2 Å². The predicted molar refractivity (Wildman–Crippen MR) is 83.3 cm³/mol. The van der Waals surface area contributed by atoms with E-state index in [1.165, 1.54) is 0 Å². The van der Waals surface area contributed by atoms with Gasteiger partial charge in [-0.2, -0.15) is 0 Å². The van der Waals surface area contributed by atoms with Crippen molar-refractivity contribution in [3.8, 4) is 0 Å². The summed E-state index contributed by atoms with van der Waals surface area (Å²) in [5.74, 6) is -0.883. The molecule has 24 heavy (non-hydrogen) atoms. The molecular formula is C18H22O6. The van der Waals surface area contributed by atoms with Crippen LogP contribution >= 0.6 is 0 Å². The lowest BCUT2D eigenvalue weighted by Crippen LogP contribution is -2.33. The molecule has 1 aromatic rings. The third kappa shape index (κ3) is 2.54. The van der Waals surface area contributed by atoms with E-state index in [1.807, 2.05) is 32.0 Å². The predicted octanol–water partition coefficient (Wildman–Crippen LogP) is 2.12. The van der Waals surface area contributed by atoms with E-state index < -0.39 is 17.7 Å². The maximum atomic E-state index is 12.1. The summed E-state index contributed by atoms with van der Waals surface area (Å²) in [5, 5.41) is 0. The van der Waals surface area contributed by atoms with Crippen LogP contribution < -0.4 is 0 Å². The molecule has 2 saturated heterocycles. The monoisotopic (exact) mass is 334 g/mol. The lowest BCUT2D eigenvalue weighted by atomic mass is 10.1. The molecule has 1 unspecified atom stereocenters. The summed E-state index contributed by atoms with van der Waals surface area (Å²) in [4.78, 5) is 12.1. The quantitative estimate of drug-likeness (QED) is 0.786. The number of ether oxygens (including phenoxy) is 5. The van der Waals surface area contributed by atoms with E-state index >= 15 is 0 Å². The van der Waals surface area contributed by atoms with Crippen LogP contribution in [0.4, 0.5) is 0 Å². The Morgan fingerprint density at radius 2 is 1.96 bits per heavy atom. The standard InChI is InChI=1S/C18H22O6/c1-17(2)22-13-14(23-17)18(24-16(13)20-3)9-12(18)10-21-15(19)11-7-5-4-6-8-11/h4-8,12-14,16H,9-10H2,1-3H3/t12-,13+,14?,16-,18-/m1/s1. The molecule has 5 atom stereocenters. The molecule has 2 heterocycles. The first-order valence-corrected chi connectivity index (χ1v) is 8.24. The number of methoxy groups -OCH3 is 1. The Bertz CT molecular complexity index is 630. The van der Waals surface area contributed by atoms with Crippen LogP contribution in [-0.2, 0) is 23.7 Å². The van der Waals surface area contributed by atoms with Crippen LogP contribution in [0.3, 0.4) is 0 Å². The Hall–Kier alpha value is -1.47. The zero-order valence-corrected chi connectivity index (χ0v) is 14.1. The molecular weight excluding hydrogens is 312 g/mol. The average molecular weight is 334 g/mol. The second-order valence-electron chi connectivity index (χ2n) is 7.06. The summed E-state index contributed by atoms with van der Waals surface area (Å²) < 4.78 is 28.9. The third-order valence-electron chi connectivity index (χ3n) is 4.97. The largest absolute Gasteiger partial charge is 0.462 e. The van der Waals surface area contributed by atoms with Crippen molar-refractivity contribution >= 4 is 5.97 Å². The Balaban J connectivity index is 1.41. The highest BCUT2D eigenvalue weighted by molar-refractivity contribution is 5.89. The highest BCUT2D eigenvalue weighted by Gasteiger charge is 2.73. The average Bonchev–Trinajstić information content (AvgIpc) is 3.07. The van der Waals surface area contributed by atoms with Gasteiger partial charge in [0.1, 0.15) is 17.8 Å². The minimum Gasteiger partial charge on any atom is -0.462 e. The Morgan fingerprint density at radius 1 is 1.21 bits per heavy atom. The molecule has 0 N–H and O–H groups in total. The summed E-state index contributed by atoms with van der Waals surface area (Å²) in [6.07, 6.45) is -0.125. The second kappa shape index (κ2) is 5.52. The second-order valence-corrected chi connectivity index (χ2v) is 7.06. The topological polar surface area (TPSA) is 63.2 Å². The molecule has 3 aliphatic rings. The Morgan fingerprint density at radius 3 is 2.67 bits per heavy atom. The van der Waals surface area contributed by atoms with Gasteiger partial charge in [-0.05, 0) is 32.4 Å². The first-order valence-electron chi connectivity index (χ1n) is 8.24. The van der Waals surface area contributed by atoms with E-state index in [1.54, 1.807) is 19.2 Å². The summed E-state index contributed by atoms with van der Waals surface area (Å²) in [6.45, 7) is 4.08. The fourth-order valence-corrected chi connectivity index (χ4v) is 3.75. The molecule has 0 radical (unpaired) electrons. The van der Waals surface area contributed by atoms with Crippen molar-refractivity contribution in [1.82, 2.24) is 0 Å². The number of fused-ring (bicyclic) bond motifs is 2. The lowest BCUT2D eigenvalue weighted by molar-refractivity contribution is -0.235. The van der Waals surface area contributed by atoms with Gasteiger partial charge in [-0.3, -0.25) is 0 Å². The fourth-order valence-electron chi connectivity index (χ4n) is 3.75. The normalized spacial score (nSPS) is 39.0. The van der Waals surface area contributed by atoms with E-state index in [4.69, 9.17) is 23.7 Å². The van der Waals surface area contributed by atoms with E-state index in [0.717, 1.165) is 6.42 Å². The van der Waals surface area contributed by atoms with Crippen molar-refractivity contribution in [2.45, 2.75) is 50.2 Å². The lowest BCUT2D eigenvalue weighted by Gasteiger charge is -2.24. The molecule has 0 aromatic heterocycles. The van der Waals surface area contributed by atoms with Crippen LogP contribution in [0.25, 0.3) is 0 Å². The van der Waals surface area contributed by atoms with Gasteiger partial charge in [0.15, 0.2) is 12.1 Å². The minimum absolute atomic E-state index is 0.0929. The molecule has 0 bridgehead atoms. The molecule has 1 aliphatic carbocycles. The SMILES string of the molecule is CO[C@@H]1O[C@@]2(C[C@@H]2COC(=O)c2ccccc2)C2OC(C)(C)O[C@@H]21. The van der Waals surface area contributed by atoms with Gasteiger partial charge < -0.3 is 23.7 Å². The van der Waals surface area contributed by atoms with Gasteiger partial charge in [-0.1, -0.05) is 18.2 Å². The molecule has 0 amide bonds. The van der Waals surface area contributed by atoms with E-state index in [0.29, 0.717) is 12.2 Å². The zero-order chi connectivity index (χ0) is 16.9. The van der Waals surface area contributed by atoms with Gasteiger partial charge in [0.25, 0.3) is 0 Å². The molecule has 1 saturated carbocycles. The van der Waals surface area contributed by atoms with Crippen LogP contribution in [-0.4, -0.2) is 49.6 Å². The Kier molecular flexibility index (Phi) is 3.69. The molecule has 130 valence electrons. The molecule has 6 nitrogen and oxygen atoms in total. The number of rotatable bonds is 4. The van der Waals surface area contributed by atoms with Gasteiger partial charge in [0.2, 0.25) is 0 Å². The van der Waals surface area contributed by atoms with Crippen molar-refractivity contribution < 1.29 is 28.5 Å². The first-order chi connectivity index (χ1) is 11.5. The maximum absolute atomic E-state index is 12.1. The van der Waals surface area contributed by atoms with Crippen LogP contribution in [0.5, 0.6) is 0 Å². The molecule has 4 rings (SSSR count). The number of benzene rings is 1. The smallest absolute Gasteiger partial charge is 0.338 e. The summed E-state index contributed by atoms with van der Waals surface area (Å²) in [7, 11) is 1.60. The number of carbonyl (C=O) groups excluding carboxylic acids is 1. The zero-order valence-electron chi connectivity index (χ0n) is 14.1. The van der Waals surface area contributed by atoms with Crippen molar-refractivity contribution in [1.29, 1.82) is 0 Å². The van der Waals surface area contributed by atoms with E-state index in [9.17, 15) is 4.79 Å². The molecule has 2 aliphatic heterocycles. The Labute approximate surface area is 141 Å². The maximum Gasteiger partial charge on any atom is 0.338 e. The summed E-state index contributed by atoms with van der Waals surface area (Å²) >= 11 is 0. The summed E-state index contributed by atoms with van der Waals surface area (Å²) in [5.41, 5.74) is 0.0737. The molecule has 1 spiro atoms. The highest BCUT2D eigenvalue weighted by atomic mass is 16.8. The van der Waals surface area contributed by atoms with Crippen molar-refractivity contribution in [3.05, 3.63) is 35.9 Å². The van der Waals surface area contributed by atoms with Crippen molar-refractivity contribution in [3.63, 3.8) is 0 Å². The number of hydrogen-bond acceptors (Lipinski definition) is 6. The number of hydrogen-bond donors (Lipinski definition) is 0. The van der Waals surface area contributed by atoms with Gasteiger partial charge in [-0.15, -0.1) is 0 Å².